The molecule has 0 amide bonds. The predicted molar refractivity (Wildman–Crippen MR) is 158 cm³/mol. The molecule has 22 heteroatoms. The summed E-state index contributed by atoms with van der Waals surface area (Å²) >= 11 is 2.58. The Bertz CT molecular complexity index is 1280. The standard InChI is InChI=1S/C22H39N7O12S3/c1-21(7-30)15(36)11(32)14(35)18(41-21)39-16-12(33)13(34)17(40-22(16,2)8-31)27-10(29-44(25,37)38)3-4-42-5-9-6-43-20(26-9)28-19(23)24/h6,11-18,30-36H,3-5,7-8H2,1-2H3,(H,27,29)(H2,25,37,38)(H4,23,24,26,28)/t11-,12-,13-,14-,15-,16+,17?,18-,21-,22-/m1/s1. The number of nitrogens with two attached hydrogens (primary N) is 3. The van der Waals surface area contributed by atoms with Gasteiger partial charge in [-0.15, -0.1) is 11.3 Å². The van der Waals surface area contributed by atoms with Crippen LogP contribution in [-0.2, 0) is 30.2 Å². The maximum absolute atomic E-state index is 11.8. The smallest absolute Gasteiger partial charge is 0.297 e. The summed E-state index contributed by atoms with van der Waals surface area (Å²) < 4.78 is 42.6. The van der Waals surface area contributed by atoms with Gasteiger partial charge in [-0.3, -0.25) is 4.72 Å². The number of aliphatic hydroxyl groups is 7. The van der Waals surface area contributed by atoms with E-state index in [1.807, 2.05) is 4.72 Å². The second-order valence-corrected chi connectivity index (χ2v) is 13.8. The summed E-state index contributed by atoms with van der Waals surface area (Å²) in [5, 5.41) is 79.9. The average Bonchev–Trinajstić information content (AvgIpc) is 3.38. The Morgan fingerprint density at radius 3 is 2.34 bits per heavy atom. The summed E-state index contributed by atoms with van der Waals surface area (Å²) in [6.45, 7) is 0.927. The normalized spacial score (nSPS) is 36.6. The van der Waals surface area contributed by atoms with Gasteiger partial charge in [-0.25, -0.2) is 15.1 Å². The number of aliphatic hydroxyl groups excluding tert-OH is 7. The number of hydrogen-bond donors (Lipinski definition) is 11. The molecule has 2 aliphatic heterocycles. The van der Waals surface area contributed by atoms with Gasteiger partial charge in [0.1, 0.15) is 53.7 Å². The number of nitrogens with zero attached hydrogens (tertiary/aromatic N) is 3. The van der Waals surface area contributed by atoms with E-state index < -0.39 is 83.8 Å². The summed E-state index contributed by atoms with van der Waals surface area (Å²) in [4.78, 5) is 12.2. The molecule has 10 atom stereocenters. The van der Waals surface area contributed by atoms with Gasteiger partial charge in [-0.2, -0.15) is 25.2 Å². The molecule has 3 rings (SSSR count). The molecular formula is C22H39N7O12S3. The lowest BCUT2D eigenvalue weighted by Crippen LogP contribution is -2.69. The summed E-state index contributed by atoms with van der Waals surface area (Å²) in [6.07, 6.45) is -14.2. The maximum atomic E-state index is 11.8. The van der Waals surface area contributed by atoms with E-state index in [1.54, 1.807) is 5.38 Å². The number of thiazole rings is 1. The number of nitrogens with one attached hydrogen (secondary N) is 1. The Morgan fingerprint density at radius 2 is 1.75 bits per heavy atom. The third-order valence-electron chi connectivity index (χ3n) is 6.86. The van der Waals surface area contributed by atoms with E-state index in [0.29, 0.717) is 22.3 Å². The van der Waals surface area contributed by atoms with E-state index in [0.717, 1.165) is 0 Å². The zero-order valence-corrected chi connectivity index (χ0v) is 26.2. The SMILES string of the molecule is C[C@]1(CO)O[C@@H](O[C@H]2[C@H](O)[C@@H](O)C(N=C(CCSCc3csc(N=C(N)N)n3)NS(N)(=O)=O)O[C@]2(C)CO)[C@H](O)[C@@H](O)[C@H]1O. The van der Waals surface area contributed by atoms with Crippen LogP contribution >= 0.6 is 23.1 Å². The van der Waals surface area contributed by atoms with Crippen molar-refractivity contribution in [1.29, 1.82) is 0 Å². The number of amidine groups is 1. The van der Waals surface area contributed by atoms with E-state index in [2.05, 4.69) is 15.0 Å². The van der Waals surface area contributed by atoms with Crippen LogP contribution < -0.4 is 21.3 Å². The third kappa shape index (κ3) is 8.94. The van der Waals surface area contributed by atoms with Crippen LogP contribution in [0.15, 0.2) is 15.4 Å². The van der Waals surface area contributed by atoms with Crippen LogP contribution in [0.4, 0.5) is 5.13 Å². The zero-order valence-electron chi connectivity index (χ0n) is 23.7. The van der Waals surface area contributed by atoms with Crippen molar-refractivity contribution in [2.45, 2.75) is 86.4 Å². The molecule has 0 saturated carbocycles. The fourth-order valence-corrected chi connectivity index (χ4v) is 6.54. The number of hydrogen-bond acceptors (Lipinski definition) is 17. The summed E-state index contributed by atoms with van der Waals surface area (Å²) in [5.41, 5.74) is 7.74. The fourth-order valence-electron chi connectivity index (χ4n) is 4.40. The van der Waals surface area contributed by atoms with E-state index in [1.165, 1.54) is 36.9 Å². The molecule has 3 heterocycles. The minimum atomic E-state index is -4.32. The largest absolute Gasteiger partial charge is 0.393 e. The van der Waals surface area contributed by atoms with Gasteiger partial charge in [-0.05, 0) is 13.8 Å². The van der Waals surface area contributed by atoms with Gasteiger partial charge in [0.25, 0.3) is 10.2 Å². The Balaban J connectivity index is 1.75. The first-order valence-corrected chi connectivity index (χ1v) is 16.6. The topological polar surface area (TPSA) is 331 Å². The first-order valence-electron chi connectivity index (χ1n) is 13.0. The quantitative estimate of drug-likeness (QED) is 0.0557. The lowest BCUT2D eigenvalue weighted by Gasteiger charge is -2.51. The van der Waals surface area contributed by atoms with Gasteiger partial charge >= 0.3 is 0 Å². The molecule has 0 aliphatic carbocycles. The van der Waals surface area contributed by atoms with Crippen molar-refractivity contribution >= 4 is 50.2 Å². The lowest BCUT2D eigenvalue weighted by atomic mass is 9.86. The summed E-state index contributed by atoms with van der Waals surface area (Å²) in [5.74, 6) is 0.346. The van der Waals surface area contributed by atoms with Gasteiger partial charge in [0, 0.05) is 23.3 Å². The number of rotatable bonds is 12. The number of guanidine groups is 1. The van der Waals surface area contributed by atoms with Crippen molar-refractivity contribution in [3.8, 4) is 0 Å². The molecule has 2 fully saturated rings. The van der Waals surface area contributed by atoms with Crippen LogP contribution in [0.3, 0.4) is 0 Å². The fraction of sp³-hybridized carbons (Fsp3) is 0.773. The first kappa shape index (κ1) is 36.7. The molecule has 0 spiro atoms. The van der Waals surface area contributed by atoms with E-state index >= 15 is 0 Å². The van der Waals surface area contributed by atoms with Gasteiger partial charge < -0.3 is 61.4 Å². The Morgan fingerprint density at radius 1 is 1.09 bits per heavy atom. The molecule has 44 heavy (non-hydrogen) atoms. The molecule has 1 aromatic rings. The highest BCUT2D eigenvalue weighted by atomic mass is 32.2. The molecule has 1 aromatic heterocycles. The van der Waals surface area contributed by atoms with Gasteiger partial charge in [0.2, 0.25) is 5.13 Å². The predicted octanol–water partition coefficient (Wildman–Crippen LogP) is -4.73. The highest BCUT2D eigenvalue weighted by molar-refractivity contribution is 7.98. The van der Waals surface area contributed by atoms with Crippen molar-refractivity contribution in [3.05, 3.63) is 11.1 Å². The first-order chi connectivity index (χ1) is 20.4. The van der Waals surface area contributed by atoms with Crippen LogP contribution in [0, 0.1) is 0 Å². The Kier molecular flexibility index (Phi) is 12.3. The number of thioether (sulfide) groups is 1. The van der Waals surface area contributed by atoms with Crippen molar-refractivity contribution < 1.29 is 58.4 Å². The maximum Gasteiger partial charge on any atom is 0.297 e. The monoisotopic (exact) mass is 689 g/mol. The summed E-state index contributed by atoms with van der Waals surface area (Å²) in [6, 6.07) is 0. The van der Waals surface area contributed by atoms with Crippen LogP contribution in [0.1, 0.15) is 26.0 Å². The molecule has 14 N–H and O–H groups in total. The average molecular weight is 690 g/mol. The molecule has 0 aromatic carbocycles. The van der Waals surface area contributed by atoms with E-state index in [-0.39, 0.29) is 18.2 Å². The van der Waals surface area contributed by atoms with Gasteiger partial charge in [0.15, 0.2) is 18.5 Å². The Labute approximate surface area is 260 Å². The zero-order chi connectivity index (χ0) is 33.0. The molecule has 19 nitrogen and oxygen atoms in total. The van der Waals surface area contributed by atoms with Gasteiger partial charge in [-0.1, -0.05) is 0 Å². The molecule has 0 radical (unpaired) electrons. The lowest BCUT2D eigenvalue weighted by molar-refractivity contribution is -0.374. The molecule has 252 valence electrons. The van der Waals surface area contributed by atoms with E-state index in [9.17, 15) is 44.2 Å². The molecule has 2 aliphatic rings. The van der Waals surface area contributed by atoms with Crippen molar-refractivity contribution in [2.75, 3.05) is 19.0 Å². The van der Waals surface area contributed by atoms with Crippen LogP contribution in [0.5, 0.6) is 0 Å². The number of aromatic nitrogens is 1. The molecule has 2 saturated heterocycles. The molecule has 0 bridgehead atoms. The minimum absolute atomic E-state index is 0.0213. The second-order valence-electron chi connectivity index (χ2n) is 10.6. The van der Waals surface area contributed by atoms with Crippen molar-refractivity contribution in [2.24, 2.45) is 26.6 Å². The van der Waals surface area contributed by atoms with Crippen LogP contribution in [0.2, 0.25) is 0 Å². The summed E-state index contributed by atoms with van der Waals surface area (Å²) in [7, 11) is -4.32. The molecular weight excluding hydrogens is 650 g/mol. The Hall–Kier alpha value is -1.77. The van der Waals surface area contributed by atoms with Crippen molar-refractivity contribution in [1.82, 2.24) is 9.71 Å². The van der Waals surface area contributed by atoms with Gasteiger partial charge in [0.05, 0.1) is 18.9 Å². The molecule has 1 unspecified atom stereocenters. The van der Waals surface area contributed by atoms with E-state index in [4.69, 9.17) is 30.8 Å². The third-order valence-corrected chi connectivity index (χ3v) is 9.15. The van der Waals surface area contributed by atoms with Crippen LogP contribution in [-0.4, -0.2) is 140 Å². The van der Waals surface area contributed by atoms with Crippen molar-refractivity contribution in [3.63, 3.8) is 0 Å². The minimum Gasteiger partial charge on any atom is -0.393 e. The second kappa shape index (κ2) is 14.8. The van der Waals surface area contributed by atoms with Crippen LogP contribution in [0.25, 0.3) is 0 Å². The number of ether oxygens (including phenoxy) is 3. The highest BCUT2D eigenvalue weighted by Gasteiger charge is 2.57. The number of aliphatic imine (C=N–C) groups is 2. The highest BCUT2D eigenvalue weighted by Crippen LogP contribution is 2.37.